The molecule has 2 aliphatic heterocycles. The van der Waals surface area contributed by atoms with E-state index in [4.69, 9.17) is 10.2 Å². The maximum Gasteiger partial charge on any atom is 0.245 e. The molecule has 2 aliphatic rings. The van der Waals surface area contributed by atoms with Crippen LogP contribution in [0.4, 0.5) is 0 Å². The van der Waals surface area contributed by atoms with Crippen molar-refractivity contribution < 1.29 is 33.5 Å². The van der Waals surface area contributed by atoms with Crippen molar-refractivity contribution in [2.75, 3.05) is 19.7 Å². The third-order valence-corrected chi connectivity index (χ3v) is 9.44. The zero-order valence-electron chi connectivity index (χ0n) is 28.9. The van der Waals surface area contributed by atoms with Crippen molar-refractivity contribution in [3.8, 4) is 0 Å². The Bertz CT molecular complexity index is 1690. The van der Waals surface area contributed by atoms with Gasteiger partial charge in [0.1, 0.15) is 24.2 Å². The summed E-state index contributed by atoms with van der Waals surface area (Å²) in [5.41, 5.74) is 7.26. The van der Waals surface area contributed by atoms with Crippen LogP contribution in [0.25, 0.3) is 10.9 Å². The van der Waals surface area contributed by atoms with E-state index in [2.05, 4.69) is 41.8 Å². The molecule has 3 aromatic rings. The lowest BCUT2D eigenvalue weighted by atomic mass is 10.0. The number of amides is 5. The molecule has 276 valence electrons. The summed E-state index contributed by atoms with van der Waals surface area (Å²) in [5.74, 6) is -2.60. The molecule has 4 heterocycles. The normalized spacial score (nSPS) is 26.0. The van der Waals surface area contributed by atoms with E-state index in [1.54, 1.807) is 6.20 Å². The van der Waals surface area contributed by atoms with Crippen molar-refractivity contribution in [3.05, 3.63) is 47.8 Å². The van der Waals surface area contributed by atoms with Crippen molar-refractivity contribution in [2.45, 2.75) is 102 Å². The number of nitrogens with one attached hydrogen (secondary N) is 6. The molecule has 5 amide bonds. The summed E-state index contributed by atoms with van der Waals surface area (Å²) in [6, 6.07) is 1.79. The molecular weight excluding hydrogens is 660 g/mol. The monoisotopic (exact) mass is 708 g/mol. The molecule has 2 unspecified atom stereocenters. The summed E-state index contributed by atoms with van der Waals surface area (Å²) in [5, 5.41) is 32.8. The number of aliphatic hydroxyl groups excluding tert-OH is 1. The molecule has 6 atom stereocenters. The molecule has 17 nitrogen and oxygen atoms in total. The second-order valence-corrected chi connectivity index (χ2v) is 13.0. The Morgan fingerprint density at radius 2 is 1.67 bits per heavy atom. The van der Waals surface area contributed by atoms with Crippen LogP contribution in [0.3, 0.4) is 0 Å². The van der Waals surface area contributed by atoms with Crippen LogP contribution in [0.5, 0.6) is 0 Å². The summed E-state index contributed by atoms with van der Waals surface area (Å²) >= 11 is 0. The van der Waals surface area contributed by atoms with E-state index in [1.165, 1.54) is 6.92 Å². The van der Waals surface area contributed by atoms with Crippen molar-refractivity contribution in [1.82, 2.24) is 46.7 Å². The second kappa shape index (κ2) is 17.4. The summed E-state index contributed by atoms with van der Waals surface area (Å²) < 4.78 is 5.96. The van der Waals surface area contributed by atoms with Crippen molar-refractivity contribution in [1.29, 1.82) is 0 Å². The first kappa shape index (κ1) is 37.4. The molecule has 51 heavy (non-hydrogen) atoms. The molecule has 1 fully saturated rings. The minimum absolute atomic E-state index is 0.0263. The number of benzene rings is 1. The second-order valence-electron chi connectivity index (χ2n) is 13.0. The zero-order valence-corrected chi connectivity index (χ0v) is 28.9. The van der Waals surface area contributed by atoms with Gasteiger partial charge in [-0.25, -0.2) is 0 Å². The number of carbonyl (C=O) groups excluding carboxylic acids is 5. The van der Waals surface area contributed by atoms with Gasteiger partial charge in [0, 0.05) is 23.5 Å². The van der Waals surface area contributed by atoms with E-state index >= 15 is 0 Å². The molecule has 17 heteroatoms. The van der Waals surface area contributed by atoms with E-state index in [0.717, 1.165) is 22.9 Å². The number of hydrogen-bond acceptors (Lipinski definition) is 11. The minimum atomic E-state index is -1.44. The van der Waals surface area contributed by atoms with Gasteiger partial charge < -0.3 is 46.8 Å². The van der Waals surface area contributed by atoms with Gasteiger partial charge in [0.05, 0.1) is 25.2 Å². The van der Waals surface area contributed by atoms with Gasteiger partial charge in [-0.1, -0.05) is 25.1 Å². The number of hydrogen-bond donors (Lipinski definition) is 8. The van der Waals surface area contributed by atoms with E-state index in [-0.39, 0.29) is 31.2 Å². The smallest absolute Gasteiger partial charge is 0.245 e. The number of carbonyl (C=O) groups is 5. The van der Waals surface area contributed by atoms with Crippen molar-refractivity contribution in [3.63, 3.8) is 0 Å². The highest BCUT2D eigenvalue weighted by Gasteiger charge is 2.39. The average molecular weight is 709 g/mol. The molecule has 1 saturated heterocycles. The molecule has 2 aromatic heterocycles. The topological polar surface area (TPSA) is 250 Å². The number of H-pyrrole nitrogens is 1. The molecule has 1 aromatic carbocycles. The van der Waals surface area contributed by atoms with Gasteiger partial charge in [-0.15, -0.1) is 10.2 Å². The van der Waals surface area contributed by atoms with E-state index in [0.29, 0.717) is 44.7 Å². The number of rotatable bonds is 8. The number of aliphatic hydroxyl groups is 1. The van der Waals surface area contributed by atoms with Gasteiger partial charge in [-0.05, 0) is 70.2 Å². The van der Waals surface area contributed by atoms with Crippen LogP contribution >= 0.6 is 0 Å². The Morgan fingerprint density at radius 3 is 2.43 bits per heavy atom. The fraction of sp³-hybridized carbons (Fsp3) is 0.559. The fourth-order valence-electron chi connectivity index (χ4n) is 6.66. The first-order valence-electron chi connectivity index (χ1n) is 17.6. The van der Waals surface area contributed by atoms with E-state index in [9.17, 15) is 29.1 Å². The van der Waals surface area contributed by atoms with E-state index in [1.807, 2.05) is 36.1 Å². The first-order valence-corrected chi connectivity index (χ1v) is 17.6. The van der Waals surface area contributed by atoms with Crippen LogP contribution in [0.2, 0.25) is 0 Å². The molecule has 2 bridgehead atoms. The highest BCUT2D eigenvalue weighted by molar-refractivity contribution is 5.96. The number of aromatic amines is 1. The molecular formula is C34H48N10O7. The molecule has 0 spiro atoms. The van der Waals surface area contributed by atoms with Gasteiger partial charge in [-0.2, -0.15) is 0 Å². The number of para-hydroxylation sites is 1. The maximum atomic E-state index is 14.0. The van der Waals surface area contributed by atoms with Crippen LogP contribution in [0.1, 0.15) is 75.8 Å². The summed E-state index contributed by atoms with van der Waals surface area (Å²) in [6.07, 6.45) is 5.01. The third-order valence-electron chi connectivity index (χ3n) is 9.44. The van der Waals surface area contributed by atoms with Crippen LogP contribution in [0.15, 0.2) is 34.9 Å². The Kier molecular flexibility index (Phi) is 12.7. The van der Waals surface area contributed by atoms with Gasteiger partial charge in [0.15, 0.2) is 0 Å². The Balaban J connectivity index is 1.46. The van der Waals surface area contributed by atoms with Crippen LogP contribution in [-0.2, 0) is 36.9 Å². The lowest BCUT2D eigenvalue weighted by Gasteiger charge is -2.30. The average Bonchev–Trinajstić information content (AvgIpc) is 3.90. The number of unbranched alkanes of at least 4 members (excludes halogenated alkanes) is 1. The van der Waals surface area contributed by atoms with Crippen LogP contribution in [-0.4, -0.2) is 105 Å². The molecule has 0 aliphatic carbocycles. The summed E-state index contributed by atoms with van der Waals surface area (Å²) in [4.78, 5) is 72.9. The molecule has 5 rings (SSSR count). The first-order chi connectivity index (χ1) is 24.6. The number of fused-ring (bicyclic) bond motifs is 4. The lowest BCUT2D eigenvalue weighted by Crippen LogP contribution is -2.59. The number of nitrogens with two attached hydrogens (primary N) is 1. The maximum absolute atomic E-state index is 14.0. The Morgan fingerprint density at radius 1 is 0.922 bits per heavy atom. The Labute approximate surface area is 295 Å². The zero-order chi connectivity index (χ0) is 36.5. The SMILES string of the molecule is CCC1c2nnc(o2)CNC(=O)[C@@H](CCCCN)NC(=O)[C@H](Cc2c[nH]c3ccccc23)NC(=O)[C@@H](CO)NC(=O)C(C)NC(=O)[C@@H]2CCCN12. The predicted octanol–water partition coefficient (Wildman–Crippen LogP) is -0.581. The third kappa shape index (κ3) is 9.08. The largest absolute Gasteiger partial charge is 0.422 e. The summed E-state index contributed by atoms with van der Waals surface area (Å²) in [7, 11) is 0. The highest BCUT2D eigenvalue weighted by Crippen LogP contribution is 2.31. The Hall–Kier alpha value is -4.87. The molecule has 0 radical (unpaired) electrons. The molecule has 0 saturated carbocycles. The number of nitrogens with zero attached hydrogens (tertiary/aromatic N) is 3. The number of aromatic nitrogens is 3. The quantitative estimate of drug-likeness (QED) is 0.138. The van der Waals surface area contributed by atoms with Gasteiger partial charge in [-0.3, -0.25) is 28.9 Å². The van der Waals surface area contributed by atoms with Crippen LogP contribution < -0.4 is 32.3 Å². The van der Waals surface area contributed by atoms with E-state index < -0.39 is 66.5 Å². The standard InChI is InChI=1S/C34H48N10O7/c1-3-26-34-43-42-28(51-34)17-37-30(47)23(11-6-7-13-35)39-31(48)24(15-20-16-36-22-10-5-4-9-21(20)22)40-32(49)25(18-45)41-29(46)19(2)38-33(50)27-12-8-14-44(26)27/h4-5,9-10,16,19,23-27,36,45H,3,6-8,11-15,17-18,35H2,1-2H3,(H,37,47)(H,38,50)(H,39,48)(H,40,49)(H,41,46)/t19?,23-,24+,25-,26?,27+/m1/s1. The summed E-state index contributed by atoms with van der Waals surface area (Å²) in [6.45, 7) is 3.53. The van der Waals surface area contributed by atoms with Gasteiger partial charge in [0.25, 0.3) is 0 Å². The minimum Gasteiger partial charge on any atom is -0.422 e. The molecule has 9 N–H and O–H groups in total. The predicted molar refractivity (Wildman–Crippen MR) is 184 cm³/mol. The van der Waals surface area contributed by atoms with Gasteiger partial charge in [0.2, 0.25) is 41.3 Å². The van der Waals surface area contributed by atoms with Crippen molar-refractivity contribution >= 4 is 40.4 Å². The fourth-order valence-corrected chi connectivity index (χ4v) is 6.66. The van der Waals surface area contributed by atoms with Gasteiger partial charge >= 0.3 is 0 Å². The van der Waals surface area contributed by atoms with Crippen molar-refractivity contribution in [2.24, 2.45) is 5.73 Å². The lowest BCUT2D eigenvalue weighted by molar-refractivity contribution is -0.135. The van der Waals surface area contributed by atoms with Crippen LogP contribution in [0, 0.1) is 0 Å². The highest BCUT2D eigenvalue weighted by atomic mass is 16.4.